The summed E-state index contributed by atoms with van der Waals surface area (Å²) in [5.74, 6) is -0.287. The van der Waals surface area contributed by atoms with Gasteiger partial charge in [-0.2, -0.15) is 0 Å². The van der Waals surface area contributed by atoms with Gasteiger partial charge < -0.3 is 19.5 Å². The van der Waals surface area contributed by atoms with E-state index in [1.807, 2.05) is 13.8 Å². The molecule has 0 rings (SSSR count). The van der Waals surface area contributed by atoms with Crippen LogP contribution in [0.15, 0.2) is 0 Å². The molecule has 0 amide bonds. The highest BCUT2D eigenvalue weighted by molar-refractivity contribution is 5.75. The van der Waals surface area contributed by atoms with E-state index in [1.165, 1.54) is 7.11 Å². The Kier molecular flexibility index (Phi) is 10.4. The summed E-state index contributed by atoms with van der Waals surface area (Å²) in [5.41, 5.74) is 0. The van der Waals surface area contributed by atoms with E-state index in [4.69, 9.17) is 9.47 Å². The molecular weight excluding hydrogens is 210 g/mol. The van der Waals surface area contributed by atoms with Gasteiger partial charge in [-0.3, -0.25) is 4.79 Å². The van der Waals surface area contributed by atoms with Crippen LogP contribution < -0.4 is 5.32 Å². The van der Waals surface area contributed by atoms with E-state index in [0.29, 0.717) is 26.4 Å². The molecule has 1 atom stereocenters. The van der Waals surface area contributed by atoms with Crippen LogP contribution in [0.5, 0.6) is 0 Å². The largest absolute Gasteiger partial charge is 0.468 e. The molecule has 0 aromatic carbocycles. The fourth-order valence-electron chi connectivity index (χ4n) is 1.13. The summed E-state index contributed by atoms with van der Waals surface area (Å²) in [4.78, 5) is 11.3. The van der Waals surface area contributed by atoms with Gasteiger partial charge >= 0.3 is 5.97 Å². The Morgan fingerprint density at radius 2 is 1.94 bits per heavy atom. The number of methoxy groups -OCH3 is 1. The number of carbonyl (C=O) groups is 1. The van der Waals surface area contributed by atoms with E-state index in [9.17, 15) is 4.79 Å². The molecule has 0 heterocycles. The molecular formula is C11H23NO4. The van der Waals surface area contributed by atoms with Gasteiger partial charge in [0.2, 0.25) is 0 Å². The van der Waals surface area contributed by atoms with Gasteiger partial charge in [-0.25, -0.2) is 0 Å². The van der Waals surface area contributed by atoms with Gasteiger partial charge in [0.05, 0.1) is 26.9 Å². The van der Waals surface area contributed by atoms with E-state index in [1.54, 1.807) is 0 Å². The van der Waals surface area contributed by atoms with Crippen LogP contribution in [0.2, 0.25) is 0 Å². The van der Waals surface area contributed by atoms with Gasteiger partial charge in [-0.05, 0) is 19.9 Å². The van der Waals surface area contributed by atoms with Crippen LogP contribution in [-0.2, 0) is 19.0 Å². The molecule has 0 fully saturated rings. The molecule has 96 valence electrons. The van der Waals surface area contributed by atoms with E-state index in [2.05, 4.69) is 10.1 Å². The average Bonchev–Trinajstić information content (AvgIpc) is 2.31. The first-order chi connectivity index (χ1) is 7.76. The Morgan fingerprint density at radius 3 is 2.50 bits per heavy atom. The van der Waals surface area contributed by atoms with Crippen LogP contribution in [0, 0.1) is 0 Å². The molecule has 0 spiro atoms. The summed E-state index contributed by atoms with van der Waals surface area (Å²) in [5, 5.41) is 3.07. The normalized spacial score (nSPS) is 12.4. The fourth-order valence-corrected chi connectivity index (χ4v) is 1.13. The number of esters is 1. The number of rotatable bonds is 10. The van der Waals surface area contributed by atoms with Crippen molar-refractivity contribution in [3.63, 3.8) is 0 Å². The maximum absolute atomic E-state index is 11.3. The number of carbonyl (C=O) groups excluding carboxylic acids is 1. The first-order valence-corrected chi connectivity index (χ1v) is 5.72. The molecule has 0 aromatic rings. The maximum atomic E-state index is 11.3. The third-order valence-corrected chi connectivity index (χ3v) is 1.99. The van der Waals surface area contributed by atoms with Gasteiger partial charge in [0.1, 0.15) is 6.04 Å². The van der Waals surface area contributed by atoms with Crippen LogP contribution >= 0.6 is 0 Å². The number of hydrogen-bond donors (Lipinski definition) is 1. The molecule has 16 heavy (non-hydrogen) atoms. The summed E-state index contributed by atoms with van der Waals surface area (Å²) in [6.07, 6.45) is 0.965. The van der Waals surface area contributed by atoms with Crippen molar-refractivity contribution in [3.8, 4) is 0 Å². The quantitative estimate of drug-likeness (QED) is 0.442. The Balaban J connectivity index is 3.69. The highest BCUT2D eigenvalue weighted by atomic mass is 16.5. The fraction of sp³-hybridized carbons (Fsp3) is 0.909. The standard InChI is InChI=1S/C11H23NO4/c1-4-6-12-10(11(13)14-3)9-16-8-7-15-5-2/h10,12H,4-9H2,1-3H3. The van der Waals surface area contributed by atoms with Crippen molar-refractivity contribution in [2.75, 3.05) is 40.1 Å². The summed E-state index contributed by atoms with van der Waals surface area (Å²) in [6, 6.07) is -0.383. The van der Waals surface area contributed by atoms with Crippen molar-refractivity contribution < 1.29 is 19.0 Å². The van der Waals surface area contributed by atoms with Gasteiger partial charge in [0, 0.05) is 6.61 Å². The molecule has 0 aromatic heterocycles. The molecule has 0 saturated heterocycles. The van der Waals surface area contributed by atoms with Crippen LogP contribution in [-0.4, -0.2) is 52.1 Å². The van der Waals surface area contributed by atoms with E-state index < -0.39 is 0 Å². The van der Waals surface area contributed by atoms with Crippen molar-refractivity contribution >= 4 is 5.97 Å². The molecule has 0 aliphatic heterocycles. The minimum atomic E-state index is -0.383. The van der Waals surface area contributed by atoms with Crippen LogP contribution in [0.4, 0.5) is 0 Å². The van der Waals surface area contributed by atoms with E-state index in [-0.39, 0.29) is 12.0 Å². The molecule has 1 unspecified atom stereocenters. The lowest BCUT2D eigenvalue weighted by Crippen LogP contribution is -2.42. The zero-order valence-corrected chi connectivity index (χ0v) is 10.5. The summed E-state index contributed by atoms with van der Waals surface area (Å²) in [7, 11) is 1.38. The minimum absolute atomic E-state index is 0.287. The highest BCUT2D eigenvalue weighted by Gasteiger charge is 2.17. The second-order valence-corrected chi connectivity index (χ2v) is 3.30. The molecule has 0 aliphatic carbocycles. The lowest BCUT2D eigenvalue weighted by Gasteiger charge is -2.16. The van der Waals surface area contributed by atoms with Crippen molar-refractivity contribution in [1.29, 1.82) is 0 Å². The van der Waals surface area contributed by atoms with Crippen molar-refractivity contribution in [1.82, 2.24) is 5.32 Å². The van der Waals surface area contributed by atoms with Crippen LogP contribution in [0.1, 0.15) is 20.3 Å². The Morgan fingerprint density at radius 1 is 1.25 bits per heavy atom. The predicted octanol–water partition coefficient (Wildman–Crippen LogP) is 0.581. The molecule has 5 heteroatoms. The van der Waals surface area contributed by atoms with Crippen LogP contribution in [0.25, 0.3) is 0 Å². The number of hydrogen-bond acceptors (Lipinski definition) is 5. The molecule has 5 nitrogen and oxygen atoms in total. The molecule has 0 saturated carbocycles. The first kappa shape index (κ1) is 15.3. The second kappa shape index (κ2) is 10.9. The Labute approximate surface area is 97.4 Å². The summed E-state index contributed by atoms with van der Waals surface area (Å²) < 4.78 is 15.1. The molecule has 0 aliphatic rings. The molecule has 0 bridgehead atoms. The van der Waals surface area contributed by atoms with Crippen molar-refractivity contribution in [2.24, 2.45) is 0 Å². The third kappa shape index (κ3) is 7.62. The second-order valence-electron chi connectivity index (χ2n) is 3.30. The minimum Gasteiger partial charge on any atom is -0.468 e. The van der Waals surface area contributed by atoms with Gasteiger partial charge in [-0.15, -0.1) is 0 Å². The lowest BCUT2D eigenvalue weighted by molar-refractivity contribution is -0.145. The Bertz CT molecular complexity index is 175. The first-order valence-electron chi connectivity index (χ1n) is 5.72. The molecule has 1 N–H and O–H groups in total. The summed E-state index contributed by atoms with van der Waals surface area (Å²) >= 11 is 0. The predicted molar refractivity (Wildman–Crippen MR) is 61.4 cm³/mol. The van der Waals surface area contributed by atoms with Gasteiger partial charge in [0.15, 0.2) is 0 Å². The van der Waals surface area contributed by atoms with Crippen LogP contribution in [0.3, 0.4) is 0 Å². The topological polar surface area (TPSA) is 56.8 Å². The highest BCUT2D eigenvalue weighted by Crippen LogP contribution is 1.91. The van der Waals surface area contributed by atoms with E-state index >= 15 is 0 Å². The van der Waals surface area contributed by atoms with Crippen molar-refractivity contribution in [2.45, 2.75) is 26.3 Å². The van der Waals surface area contributed by atoms with Crippen molar-refractivity contribution in [3.05, 3.63) is 0 Å². The smallest absolute Gasteiger partial charge is 0.325 e. The number of nitrogens with one attached hydrogen (secondary N) is 1. The monoisotopic (exact) mass is 233 g/mol. The third-order valence-electron chi connectivity index (χ3n) is 1.99. The van der Waals surface area contributed by atoms with Gasteiger partial charge in [0.25, 0.3) is 0 Å². The van der Waals surface area contributed by atoms with E-state index in [0.717, 1.165) is 13.0 Å². The summed E-state index contributed by atoms with van der Waals surface area (Å²) in [6.45, 7) is 6.79. The zero-order chi connectivity index (χ0) is 12.2. The molecule has 0 radical (unpaired) electrons. The zero-order valence-electron chi connectivity index (χ0n) is 10.5. The Hall–Kier alpha value is -0.650. The lowest BCUT2D eigenvalue weighted by atomic mass is 10.3. The van der Waals surface area contributed by atoms with Gasteiger partial charge in [-0.1, -0.05) is 6.92 Å². The average molecular weight is 233 g/mol. The number of ether oxygens (including phenoxy) is 3. The SMILES string of the molecule is CCCNC(COCCOCC)C(=O)OC. The maximum Gasteiger partial charge on any atom is 0.325 e.